The lowest BCUT2D eigenvalue weighted by molar-refractivity contribution is 0.337. The first kappa shape index (κ1) is 12.0. The Morgan fingerprint density at radius 1 is 1.15 bits per heavy atom. The summed E-state index contributed by atoms with van der Waals surface area (Å²) in [6.45, 7) is 0. The highest BCUT2D eigenvalue weighted by molar-refractivity contribution is 5.82. The highest BCUT2D eigenvalue weighted by atomic mass is 16.5. The molecule has 6 heteroatoms. The molecule has 0 aliphatic carbocycles. The number of nitrogens with zero attached hydrogens (tertiary/aromatic N) is 4. The van der Waals surface area contributed by atoms with Crippen LogP contribution >= 0.6 is 0 Å². The third-order valence-electron chi connectivity index (χ3n) is 2.52. The molecule has 0 unspecified atom stereocenters. The summed E-state index contributed by atoms with van der Waals surface area (Å²) in [7, 11) is 0. The molecular weight excluding hydrogens is 256 g/mol. The molecule has 0 bridgehead atoms. The van der Waals surface area contributed by atoms with E-state index in [2.05, 4.69) is 19.9 Å². The summed E-state index contributed by atoms with van der Waals surface area (Å²) in [5, 5.41) is 9.71. The van der Waals surface area contributed by atoms with Gasteiger partial charge in [0.1, 0.15) is 0 Å². The quantitative estimate of drug-likeness (QED) is 0.736. The van der Waals surface area contributed by atoms with Crippen LogP contribution in [-0.4, -0.2) is 26.3 Å². The van der Waals surface area contributed by atoms with Gasteiger partial charge >= 0.3 is 5.95 Å². The number of aromatic nitrogens is 3. The van der Waals surface area contributed by atoms with Crippen LogP contribution in [0, 0.1) is 0 Å². The molecule has 0 atom stereocenters. The van der Waals surface area contributed by atoms with Crippen molar-refractivity contribution in [1.82, 2.24) is 15.0 Å². The van der Waals surface area contributed by atoms with Crippen molar-refractivity contribution in [3.8, 4) is 17.4 Å². The summed E-state index contributed by atoms with van der Waals surface area (Å²) in [6.07, 6.45) is 5.98. The van der Waals surface area contributed by atoms with E-state index in [1.54, 1.807) is 6.20 Å². The fourth-order valence-corrected chi connectivity index (χ4v) is 1.60. The van der Waals surface area contributed by atoms with Gasteiger partial charge in [0.05, 0.1) is 12.4 Å². The molecule has 3 rings (SSSR count). The van der Waals surface area contributed by atoms with Crippen LogP contribution in [0.1, 0.15) is 5.69 Å². The molecule has 2 aromatic heterocycles. The average molecular weight is 266 g/mol. The molecule has 0 spiro atoms. The number of hydrogen-bond acceptors (Lipinski definition) is 6. The molecule has 2 heterocycles. The van der Waals surface area contributed by atoms with Crippen LogP contribution in [0.2, 0.25) is 0 Å². The maximum absolute atomic E-state index is 9.71. The van der Waals surface area contributed by atoms with Gasteiger partial charge < -0.3 is 9.52 Å². The van der Waals surface area contributed by atoms with Crippen LogP contribution in [0.5, 0.6) is 5.95 Å². The van der Waals surface area contributed by atoms with E-state index in [0.717, 1.165) is 5.56 Å². The van der Waals surface area contributed by atoms with Crippen molar-refractivity contribution in [2.45, 2.75) is 0 Å². The smallest absolute Gasteiger partial charge is 0.312 e. The van der Waals surface area contributed by atoms with E-state index in [9.17, 15) is 5.11 Å². The van der Waals surface area contributed by atoms with E-state index in [4.69, 9.17) is 4.42 Å². The fraction of sp³-hybridized carbons (Fsp3) is 0. The van der Waals surface area contributed by atoms with Crippen LogP contribution < -0.4 is 0 Å². The molecule has 0 saturated carbocycles. The molecule has 98 valence electrons. The summed E-state index contributed by atoms with van der Waals surface area (Å²) in [5.74, 6) is 0.483. The van der Waals surface area contributed by atoms with Crippen LogP contribution in [0.4, 0.5) is 5.82 Å². The zero-order valence-electron chi connectivity index (χ0n) is 10.3. The molecular formula is C14H10N4O2. The van der Waals surface area contributed by atoms with Gasteiger partial charge in [-0.05, 0) is 12.1 Å². The Hall–Kier alpha value is -3.02. The minimum atomic E-state index is -0.281. The first-order chi connectivity index (χ1) is 9.83. The average Bonchev–Trinajstić information content (AvgIpc) is 2.88. The van der Waals surface area contributed by atoms with E-state index < -0.39 is 0 Å². The Balaban J connectivity index is 1.89. The minimum absolute atomic E-state index is 0.245. The molecule has 3 aromatic rings. The van der Waals surface area contributed by atoms with Gasteiger partial charge in [-0.1, -0.05) is 18.2 Å². The molecule has 0 amide bonds. The van der Waals surface area contributed by atoms with Crippen LogP contribution in [-0.2, 0) is 0 Å². The Labute approximate surface area is 114 Å². The zero-order valence-corrected chi connectivity index (χ0v) is 10.3. The molecule has 6 nitrogen and oxygen atoms in total. The summed E-state index contributed by atoms with van der Waals surface area (Å²) in [5.41, 5.74) is 1.02. The first-order valence-corrected chi connectivity index (χ1v) is 5.88. The lowest BCUT2D eigenvalue weighted by Gasteiger charge is -1.91. The van der Waals surface area contributed by atoms with Gasteiger partial charge in [-0.15, -0.1) is 0 Å². The van der Waals surface area contributed by atoms with Crippen LogP contribution in [0.15, 0.2) is 58.3 Å². The third kappa shape index (κ3) is 2.54. The predicted molar refractivity (Wildman–Crippen MR) is 72.9 cm³/mol. The highest BCUT2D eigenvalue weighted by Crippen LogP contribution is 2.25. The van der Waals surface area contributed by atoms with Crippen molar-refractivity contribution in [3.05, 3.63) is 54.6 Å². The maximum Gasteiger partial charge on any atom is 0.312 e. The lowest BCUT2D eigenvalue weighted by atomic mass is 10.2. The van der Waals surface area contributed by atoms with Crippen LogP contribution in [0.25, 0.3) is 11.5 Å². The van der Waals surface area contributed by atoms with Crippen molar-refractivity contribution in [3.63, 3.8) is 0 Å². The summed E-state index contributed by atoms with van der Waals surface area (Å²) < 4.78 is 5.21. The fourth-order valence-electron chi connectivity index (χ4n) is 1.60. The summed E-state index contributed by atoms with van der Waals surface area (Å²) in [6, 6.07) is 9.31. The summed E-state index contributed by atoms with van der Waals surface area (Å²) >= 11 is 0. The Morgan fingerprint density at radius 2 is 2.00 bits per heavy atom. The molecule has 0 radical (unpaired) electrons. The van der Waals surface area contributed by atoms with E-state index in [0.29, 0.717) is 11.7 Å². The highest BCUT2D eigenvalue weighted by Gasteiger charge is 2.11. The molecule has 1 aromatic carbocycles. The largest absolute Gasteiger partial charge is 0.479 e. The molecule has 20 heavy (non-hydrogen) atoms. The standard InChI is InChI=1S/C14H10N4O2/c19-14-11(8-17-12-9-15-6-7-16-12)18-13(20-14)10-4-2-1-3-5-10/h1-9,19H. The van der Waals surface area contributed by atoms with Crippen molar-refractivity contribution < 1.29 is 9.52 Å². The Bertz CT molecular complexity index is 723. The van der Waals surface area contributed by atoms with Gasteiger partial charge in [0.2, 0.25) is 5.89 Å². The molecule has 1 N–H and O–H groups in total. The number of aliphatic imine (C=N–C) groups is 1. The second-order valence-corrected chi connectivity index (χ2v) is 3.90. The van der Waals surface area contributed by atoms with E-state index in [1.165, 1.54) is 18.6 Å². The van der Waals surface area contributed by atoms with Gasteiger partial charge in [0, 0.05) is 18.0 Å². The number of benzene rings is 1. The Morgan fingerprint density at radius 3 is 2.75 bits per heavy atom. The third-order valence-corrected chi connectivity index (χ3v) is 2.52. The number of rotatable bonds is 3. The van der Waals surface area contributed by atoms with Gasteiger partial charge in [0.15, 0.2) is 11.5 Å². The van der Waals surface area contributed by atoms with Gasteiger partial charge in [0.25, 0.3) is 0 Å². The number of aromatic hydroxyl groups is 1. The van der Waals surface area contributed by atoms with E-state index in [1.807, 2.05) is 30.3 Å². The molecule has 0 aliphatic rings. The van der Waals surface area contributed by atoms with Gasteiger partial charge in [-0.3, -0.25) is 4.98 Å². The molecule has 0 fully saturated rings. The molecule has 0 saturated heterocycles. The van der Waals surface area contributed by atoms with Crippen molar-refractivity contribution in [1.29, 1.82) is 0 Å². The van der Waals surface area contributed by atoms with Gasteiger partial charge in [-0.2, -0.15) is 0 Å². The molecule has 0 aliphatic heterocycles. The second-order valence-electron chi connectivity index (χ2n) is 3.90. The monoisotopic (exact) mass is 266 g/mol. The van der Waals surface area contributed by atoms with Crippen molar-refractivity contribution in [2.75, 3.05) is 0 Å². The zero-order chi connectivity index (χ0) is 13.8. The topological polar surface area (TPSA) is 84.4 Å². The summed E-state index contributed by atoms with van der Waals surface area (Å²) in [4.78, 5) is 16.1. The van der Waals surface area contributed by atoms with Crippen molar-refractivity contribution in [2.24, 2.45) is 4.99 Å². The minimum Gasteiger partial charge on any atom is -0.479 e. The first-order valence-electron chi connectivity index (χ1n) is 5.88. The normalized spacial score (nSPS) is 11.0. The lowest BCUT2D eigenvalue weighted by Crippen LogP contribution is -1.83. The second kappa shape index (κ2) is 5.31. The van der Waals surface area contributed by atoms with E-state index >= 15 is 0 Å². The number of hydrogen-bond donors (Lipinski definition) is 1. The van der Waals surface area contributed by atoms with E-state index in [-0.39, 0.29) is 11.6 Å². The SMILES string of the molecule is Oc1oc(-c2ccccc2)nc1C=Nc1cnccn1. The van der Waals surface area contributed by atoms with Gasteiger partial charge in [-0.25, -0.2) is 15.0 Å². The predicted octanol–water partition coefficient (Wildman–Crippen LogP) is 2.59. The van der Waals surface area contributed by atoms with Crippen molar-refractivity contribution >= 4 is 12.0 Å². The maximum atomic E-state index is 9.71. The number of oxazole rings is 1. The Kier molecular flexibility index (Phi) is 3.20. The van der Waals surface area contributed by atoms with Crippen LogP contribution in [0.3, 0.4) is 0 Å².